The van der Waals surface area contributed by atoms with Crippen molar-refractivity contribution >= 4 is 0 Å². The van der Waals surface area contributed by atoms with Crippen LogP contribution < -0.4 is 5.01 Å². The smallest absolute Gasteiger partial charge is 0.0361 e. The van der Waals surface area contributed by atoms with E-state index in [-0.39, 0.29) is 0 Å². The van der Waals surface area contributed by atoms with Gasteiger partial charge in [-0.05, 0) is 18.6 Å². The summed E-state index contributed by atoms with van der Waals surface area (Å²) < 4.78 is 2.14. The standard InChI is InChI=1S/C7H10N2/c1-2-5-8(4-1)9-6-3-7-9/h1-2,4-5H,3,6-7H2. The van der Waals surface area contributed by atoms with Crippen molar-refractivity contribution in [1.29, 1.82) is 0 Å². The minimum absolute atomic E-state index is 1.22. The lowest BCUT2D eigenvalue weighted by atomic mass is 10.3. The van der Waals surface area contributed by atoms with Crippen LogP contribution in [0, 0.1) is 0 Å². The molecule has 1 saturated heterocycles. The van der Waals surface area contributed by atoms with Crippen LogP contribution in [0.5, 0.6) is 0 Å². The summed E-state index contributed by atoms with van der Waals surface area (Å²) in [6.45, 7) is 2.43. The zero-order valence-corrected chi connectivity index (χ0v) is 5.33. The quantitative estimate of drug-likeness (QED) is 0.535. The number of hydrogen-bond acceptors (Lipinski definition) is 1. The van der Waals surface area contributed by atoms with Crippen LogP contribution in [-0.4, -0.2) is 17.8 Å². The van der Waals surface area contributed by atoms with Crippen LogP contribution in [0.2, 0.25) is 0 Å². The molecule has 1 aliphatic heterocycles. The fraction of sp³-hybridized carbons (Fsp3) is 0.429. The van der Waals surface area contributed by atoms with E-state index < -0.39 is 0 Å². The maximum atomic E-state index is 2.31. The summed E-state index contributed by atoms with van der Waals surface area (Å²) in [5, 5.41) is 2.31. The molecule has 1 aromatic rings. The van der Waals surface area contributed by atoms with Crippen molar-refractivity contribution in [2.24, 2.45) is 0 Å². The molecule has 2 rings (SSSR count). The molecule has 0 N–H and O–H groups in total. The Kier molecular flexibility index (Phi) is 0.979. The van der Waals surface area contributed by atoms with Gasteiger partial charge in [0.25, 0.3) is 0 Å². The number of aromatic nitrogens is 1. The fourth-order valence-corrected chi connectivity index (χ4v) is 1.04. The van der Waals surface area contributed by atoms with Gasteiger partial charge in [-0.1, -0.05) is 0 Å². The molecule has 0 unspecified atom stereocenters. The Bertz CT molecular complexity index is 175. The van der Waals surface area contributed by atoms with E-state index in [1.165, 1.54) is 19.5 Å². The highest BCUT2D eigenvalue weighted by Crippen LogP contribution is 2.04. The second-order valence-corrected chi connectivity index (χ2v) is 2.37. The van der Waals surface area contributed by atoms with Gasteiger partial charge in [-0.2, -0.15) is 0 Å². The predicted molar refractivity (Wildman–Crippen MR) is 37.0 cm³/mol. The third-order valence-electron chi connectivity index (χ3n) is 1.75. The summed E-state index contributed by atoms with van der Waals surface area (Å²) in [5.41, 5.74) is 0. The molecule has 48 valence electrons. The summed E-state index contributed by atoms with van der Waals surface area (Å²) in [4.78, 5) is 0. The maximum absolute atomic E-state index is 2.31. The first-order chi connectivity index (χ1) is 4.47. The van der Waals surface area contributed by atoms with Gasteiger partial charge in [-0.15, -0.1) is 0 Å². The van der Waals surface area contributed by atoms with Crippen molar-refractivity contribution in [3.05, 3.63) is 24.5 Å². The van der Waals surface area contributed by atoms with E-state index in [1.807, 2.05) is 0 Å². The summed E-state index contributed by atoms with van der Waals surface area (Å²) in [7, 11) is 0. The molecule has 0 amide bonds. The van der Waals surface area contributed by atoms with Gasteiger partial charge in [0.05, 0.1) is 0 Å². The Balaban J connectivity index is 2.14. The van der Waals surface area contributed by atoms with Crippen LogP contribution in [0.15, 0.2) is 24.5 Å². The Morgan fingerprint density at radius 3 is 2.11 bits per heavy atom. The molecule has 0 aliphatic carbocycles. The summed E-state index contributed by atoms with van der Waals surface area (Å²) in [6, 6.07) is 4.11. The van der Waals surface area contributed by atoms with E-state index in [0.29, 0.717) is 0 Å². The molecule has 0 atom stereocenters. The second-order valence-electron chi connectivity index (χ2n) is 2.37. The Morgan fingerprint density at radius 1 is 1.00 bits per heavy atom. The molecule has 0 radical (unpaired) electrons. The average Bonchev–Trinajstić information content (AvgIpc) is 2.11. The topological polar surface area (TPSA) is 8.17 Å². The van der Waals surface area contributed by atoms with Gasteiger partial charge in [-0.25, -0.2) is 0 Å². The first-order valence-corrected chi connectivity index (χ1v) is 3.35. The Labute approximate surface area is 54.7 Å². The van der Waals surface area contributed by atoms with E-state index in [9.17, 15) is 0 Å². The monoisotopic (exact) mass is 122 g/mol. The van der Waals surface area contributed by atoms with Crippen LogP contribution in [0.1, 0.15) is 6.42 Å². The molecule has 1 aromatic heterocycles. The van der Waals surface area contributed by atoms with E-state index in [0.717, 1.165) is 0 Å². The summed E-state index contributed by atoms with van der Waals surface area (Å²) in [5.74, 6) is 0. The van der Waals surface area contributed by atoms with Crippen LogP contribution >= 0.6 is 0 Å². The van der Waals surface area contributed by atoms with Gasteiger partial charge in [0.1, 0.15) is 0 Å². The van der Waals surface area contributed by atoms with E-state index in [1.54, 1.807) is 0 Å². The molecular weight excluding hydrogens is 112 g/mol. The molecule has 2 heteroatoms. The van der Waals surface area contributed by atoms with Gasteiger partial charge >= 0.3 is 0 Å². The molecule has 1 aliphatic rings. The molecule has 0 bridgehead atoms. The van der Waals surface area contributed by atoms with Gasteiger partial charge in [0.15, 0.2) is 0 Å². The number of rotatable bonds is 1. The second kappa shape index (κ2) is 1.79. The van der Waals surface area contributed by atoms with E-state index in [4.69, 9.17) is 0 Å². The zero-order valence-electron chi connectivity index (χ0n) is 5.33. The molecule has 2 nitrogen and oxygen atoms in total. The highest BCUT2D eigenvalue weighted by atomic mass is 15.6. The molecule has 2 heterocycles. The lowest BCUT2D eigenvalue weighted by Gasteiger charge is -2.33. The van der Waals surface area contributed by atoms with Crippen LogP contribution in [-0.2, 0) is 0 Å². The third-order valence-corrected chi connectivity index (χ3v) is 1.75. The summed E-state index contributed by atoms with van der Waals surface area (Å²) >= 11 is 0. The molecule has 0 aromatic carbocycles. The lowest BCUT2D eigenvalue weighted by Crippen LogP contribution is -2.44. The normalized spacial score (nSPS) is 17.6. The molecule has 0 spiro atoms. The van der Waals surface area contributed by atoms with Gasteiger partial charge in [0.2, 0.25) is 0 Å². The van der Waals surface area contributed by atoms with Crippen molar-refractivity contribution in [2.75, 3.05) is 18.1 Å². The van der Waals surface area contributed by atoms with E-state index in [2.05, 4.69) is 34.2 Å². The van der Waals surface area contributed by atoms with Crippen molar-refractivity contribution < 1.29 is 0 Å². The average molecular weight is 122 g/mol. The lowest BCUT2D eigenvalue weighted by molar-refractivity contribution is 0.472. The Hall–Kier alpha value is -0.920. The predicted octanol–water partition coefficient (Wildman–Crippen LogP) is 0.830. The third kappa shape index (κ3) is 0.707. The number of hydrogen-bond donors (Lipinski definition) is 0. The van der Waals surface area contributed by atoms with Crippen LogP contribution in [0.25, 0.3) is 0 Å². The van der Waals surface area contributed by atoms with Crippen molar-refractivity contribution in [3.63, 3.8) is 0 Å². The number of nitrogens with zero attached hydrogens (tertiary/aromatic N) is 2. The van der Waals surface area contributed by atoms with E-state index >= 15 is 0 Å². The van der Waals surface area contributed by atoms with Crippen molar-refractivity contribution in [2.45, 2.75) is 6.42 Å². The first kappa shape index (κ1) is 4.91. The molecule has 0 saturated carbocycles. The maximum Gasteiger partial charge on any atom is 0.0361 e. The SMILES string of the molecule is c1ccn(N2CCC2)c1. The van der Waals surface area contributed by atoms with Gasteiger partial charge < -0.3 is 5.01 Å². The fourth-order valence-electron chi connectivity index (χ4n) is 1.04. The highest BCUT2D eigenvalue weighted by Gasteiger charge is 2.11. The first-order valence-electron chi connectivity index (χ1n) is 3.35. The van der Waals surface area contributed by atoms with Crippen molar-refractivity contribution in [1.82, 2.24) is 4.68 Å². The van der Waals surface area contributed by atoms with Crippen LogP contribution in [0.4, 0.5) is 0 Å². The molecule has 9 heavy (non-hydrogen) atoms. The van der Waals surface area contributed by atoms with Gasteiger partial charge in [-0.3, -0.25) is 4.68 Å². The van der Waals surface area contributed by atoms with Gasteiger partial charge in [0, 0.05) is 25.5 Å². The minimum Gasteiger partial charge on any atom is -0.313 e. The molecule has 1 fully saturated rings. The minimum atomic E-state index is 1.22. The van der Waals surface area contributed by atoms with Crippen molar-refractivity contribution in [3.8, 4) is 0 Å². The zero-order chi connectivity index (χ0) is 6.10. The molecular formula is C7H10N2. The highest BCUT2D eigenvalue weighted by molar-refractivity contribution is 5.01. The van der Waals surface area contributed by atoms with Crippen LogP contribution in [0.3, 0.4) is 0 Å². The summed E-state index contributed by atoms with van der Waals surface area (Å²) in [6.07, 6.45) is 5.51. The largest absolute Gasteiger partial charge is 0.313 e. The Morgan fingerprint density at radius 2 is 1.67 bits per heavy atom.